The number of fused-ring (bicyclic) bond motifs is 1. The highest BCUT2D eigenvalue weighted by Crippen LogP contribution is 2.39. The monoisotopic (exact) mass is 284 g/mol. The maximum atomic E-state index is 3.77. The largest absolute Gasteiger partial charge is 0.0765 e. The Labute approximate surface area is 110 Å². The van der Waals surface area contributed by atoms with Gasteiger partial charge in [0.15, 0.2) is 0 Å². The molecule has 0 aliphatic heterocycles. The maximum Gasteiger partial charge on any atom is 0.0331 e. The Balaban J connectivity index is 2.21. The van der Waals surface area contributed by atoms with Crippen LogP contribution in [0.15, 0.2) is 53.0 Å². The van der Waals surface area contributed by atoms with Crippen LogP contribution in [0.25, 0.3) is 16.7 Å². The Bertz CT molecular complexity index is 594. The molecule has 1 aliphatic carbocycles. The molecule has 0 bridgehead atoms. The van der Waals surface area contributed by atoms with E-state index in [4.69, 9.17) is 0 Å². The van der Waals surface area contributed by atoms with Crippen LogP contribution in [0.5, 0.6) is 0 Å². The van der Waals surface area contributed by atoms with E-state index >= 15 is 0 Å². The summed E-state index contributed by atoms with van der Waals surface area (Å²) in [7, 11) is 0. The van der Waals surface area contributed by atoms with Gasteiger partial charge >= 0.3 is 0 Å². The molecule has 84 valence electrons. The molecule has 0 amide bonds. The van der Waals surface area contributed by atoms with Crippen LogP contribution in [-0.4, -0.2) is 0 Å². The topological polar surface area (TPSA) is 0 Å². The first-order valence-corrected chi connectivity index (χ1v) is 6.60. The molecule has 2 aromatic carbocycles. The van der Waals surface area contributed by atoms with Gasteiger partial charge in [0, 0.05) is 4.47 Å². The van der Waals surface area contributed by atoms with Gasteiger partial charge in [-0.25, -0.2) is 0 Å². The summed E-state index contributed by atoms with van der Waals surface area (Å²) in [5, 5.41) is 0. The first-order valence-electron chi connectivity index (χ1n) is 5.81. The summed E-state index contributed by atoms with van der Waals surface area (Å²) in [5.41, 5.74) is 6.73. The molecule has 0 heterocycles. The van der Waals surface area contributed by atoms with Crippen LogP contribution in [0.4, 0.5) is 0 Å². The zero-order valence-electron chi connectivity index (χ0n) is 9.70. The van der Waals surface area contributed by atoms with Crippen molar-refractivity contribution in [3.63, 3.8) is 0 Å². The molecule has 3 rings (SSSR count). The SMILES string of the molecule is CC1=CCc2ccc(-c3ccccc3)c(Br)c21. The van der Waals surface area contributed by atoms with Crippen LogP contribution in [-0.2, 0) is 6.42 Å². The van der Waals surface area contributed by atoms with Crippen LogP contribution in [0.3, 0.4) is 0 Å². The summed E-state index contributed by atoms with van der Waals surface area (Å²) in [6.07, 6.45) is 3.36. The van der Waals surface area contributed by atoms with Crippen molar-refractivity contribution in [2.45, 2.75) is 13.3 Å². The van der Waals surface area contributed by atoms with E-state index in [1.165, 1.54) is 32.3 Å². The van der Waals surface area contributed by atoms with Crippen LogP contribution >= 0.6 is 15.9 Å². The van der Waals surface area contributed by atoms with Gasteiger partial charge in [-0.3, -0.25) is 0 Å². The van der Waals surface area contributed by atoms with Crippen LogP contribution < -0.4 is 0 Å². The minimum atomic E-state index is 1.06. The summed E-state index contributed by atoms with van der Waals surface area (Å²) < 4.78 is 1.23. The summed E-state index contributed by atoms with van der Waals surface area (Å²) in [6, 6.07) is 15.0. The zero-order chi connectivity index (χ0) is 11.8. The second kappa shape index (κ2) is 4.15. The van der Waals surface area contributed by atoms with Crippen LogP contribution in [0.1, 0.15) is 18.1 Å². The third-order valence-corrected chi connectivity index (χ3v) is 4.16. The van der Waals surface area contributed by atoms with E-state index in [9.17, 15) is 0 Å². The molecule has 0 N–H and O–H groups in total. The van der Waals surface area contributed by atoms with E-state index in [1.807, 2.05) is 0 Å². The normalized spacial score (nSPS) is 13.4. The average Bonchev–Trinajstić information content (AvgIpc) is 2.73. The van der Waals surface area contributed by atoms with Crippen LogP contribution in [0, 0.1) is 0 Å². The molecule has 1 heteroatoms. The minimum absolute atomic E-state index is 1.06. The lowest BCUT2D eigenvalue weighted by Gasteiger charge is -2.11. The molecule has 0 nitrogen and oxygen atoms in total. The molecule has 0 radical (unpaired) electrons. The van der Waals surface area contributed by atoms with Gasteiger partial charge in [0.05, 0.1) is 0 Å². The Morgan fingerprint density at radius 3 is 2.53 bits per heavy atom. The van der Waals surface area contributed by atoms with E-state index < -0.39 is 0 Å². The minimum Gasteiger partial charge on any atom is -0.0765 e. The van der Waals surface area contributed by atoms with Gasteiger partial charge in [0.2, 0.25) is 0 Å². The highest BCUT2D eigenvalue weighted by Gasteiger charge is 2.16. The van der Waals surface area contributed by atoms with Crippen molar-refractivity contribution in [1.29, 1.82) is 0 Å². The summed E-state index contributed by atoms with van der Waals surface area (Å²) in [4.78, 5) is 0. The molecule has 2 aromatic rings. The Kier molecular flexibility index (Phi) is 2.64. The summed E-state index contributed by atoms with van der Waals surface area (Å²) in [5.74, 6) is 0. The summed E-state index contributed by atoms with van der Waals surface area (Å²) in [6.45, 7) is 2.19. The van der Waals surface area contributed by atoms with Crippen LogP contribution in [0.2, 0.25) is 0 Å². The van der Waals surface area contributed by atoms with Crippen molar-refractivity contribution in [3.05, 3.63) is 64.1 Å². The lowest BCUT2D eigenvalue weighted by Crippen LogP contribution is -1.89. The number of rotatable bonds is 1. The molecule has 0 aromatic heterocycles. The molecular formula is C16H13Br. The molecule has 0 fully saturated rings. The van der Waals surface area contributed by atoms with Crippen molar-refractivity contribution in [2.75, 3.05) is 0 Å². The molecule has 1 aliphatic rings. The Morgan fingerprint density at radius 2 is 1.76 bits per heavy atom. The average molecular weight is 285 g/mol. The van der Waals surface area contributed by atoms with Crippen molar-refractivity contribution in [2.24, 2.45) is 0 Å². The highest BCUT2D eigenvalue weighted by molar-refractivity contribution is 9.10. The third kappa shape index (κ3) is 1.75. The number of hydrogen-bond donors (Lipinski definition) is 0. The van der Waals surface area contributed by atoms with Crippen molar-refractivity contribution >= 4 is 21.5 Å². The Morgan fingerprint density at radius 1 is 1.00 bits per heavy atom. The standard InChI is InChI=1S/C16H13Br/c1-11-7-8-13-9-10-14(16(17)15(11)13)12-5-3-2-4-6-12/h2-7,9-10H,8H2,1H3. The fourth-order valence-corrected chi connectivity index (χ4v) is 3.35. The number of allylic oxidation sites excluding steroid dienone is 2. The summed E-state index contributed by atoms with van der Waals surface area (Å²) >= 11 is 3.77. The van der Waals surface area contributed by atoms with Gasteiger partial charge in [0.1, 0.15) is 0 Å². The number of hydrogen-bond acceptors (Lipinski definition) is 0. The lowest BCUT2D eigenvalue weighted by molar-refractivity contribution is 1.30. The smallest absolute Gasteiger partial charge is 0.0331 e. The van der Waals surface area contributed by atoms with E-state index in [1.54, 1.807) is 0 Å². The second-order valence-electron chi connectivity index (χ2n) is 4.42. The molecule has 0 saturated carbocycles. The molecule has 0 unspecified atom stereocenters. The van der Waals surface area contributed by atoms with Crippen molar-refractivity contribution in [3.8, 4) is 11.1 Å². The fourth-order valence-electron chi connectivity index (χ4n) is 2.42. The van der Waals surface area contributed by atoms with E-state index in [-0.39, 0.29) is 0 Å². The third-order valence-electron chi connectivity index (χ3n) is 3.34. The fraction of sp³-hybridized carbons (Fsp3) is 0.125. The first-order chi connectivity index (χ1) is 8.27. The predicted octanol–water partition coefficient (Wildman–Crippen LogP) is 5.08. The van der Waals surface area contributed by atoms with Gasteiger partial charge in [-0.1, -0.05) is 48.5 Å². The van der Waals surface area contributed by atoms with Gasteiger partial charge in [0.25, 0.3) is 0 Å². The van der Waals surface area contributed by atoms with Crippen molar-refractivity contribution < 1.29 is 0 Å². The van der Waals surface area contributed by atoms with Gasteiger partial charge in [-0.2, -0.15) is 0 Å². The predicted molar refractivity (Wildman–Crippen MR) is 76.9 cm³/mol. The number of benzene rings is 2. The lowest BCUT2D eigenvalue weighted by atomic mass is 9.98. The van der Waals surface area contributed by atoms with Gasteiger partial charge in [-0.05, 0) is 57.1 Å². The molecule has 17 heavy (non-hydrogen) atoms. The molecule has 0 spiro atoms. The first kappa shape index (κ1) is 10.8. The van der Waals surface area contributed by atoms with E-state index in [0.717, 1.165) is 6.42 Å². The van der Waals surface area contributed by atoms with Crippen molar-refractivity contribution in [1.82, 2.24) is 0 Å². The quantitative estimate of drug-likeness (QED) is 0.685. The molecule has 0 saturated heterocycles. The number of halogens is 1. The van der Waals surface area contributed by atoms with E-state index in [0.29, 0.717) is 0 Å². The van der Waals surface area contributed by atoms with Gasteiger partial charge in [-0.15, -0.1) is 0 Å². The highest BCUT2D eigenvalue weighted by atomic mass is 79.9. The Hall–Kier alpha value is -1.34. The molecular weight excluding hydrogens is 272 g/mol. The molecule has 0 atom stereocenters. The zero-order valence-corrected chi connectivity index (χ0v) is 11.3. The maximum absolute atomic E-state index is 3.77. The second-order valence-corrected chi connectivity index (χ2v) is 5.21. The van der Waals surface area contributed by atoms with Gasteiger partial charge < -0.3 is 0 Å². The van der Waals surface area contributed by atoms with E-state index in [2.05, 4.69) is 71.4 Å².